The number of thiophene rings is 1. The molecule has 0 saturated carbocycles. The fraction of sp³-hybridized carbons (Fsp3) is 0.0526. The van der Waals surface area contributed by atoms with Crippen molar-refractivity contribution in [2.45, 2.75) is 6.92 Å². The number of fused-ring (bicyclic) bond motifs is 1. The molecule has 2 heterocycles. The van der Waals surface area contributed by atoms with E-state index in [0.717, 1.165) is 27.5 Å². The predicted molar refractivity (Wildman–Crippen MR) is 102 cm³/mol. The first-order chi connectivity index (χ1) is 11.7. The van der Waals surface area contributed by atoms with Gasteiger partial charge in [0.1, 0.15) is 16.5 Å². The fourth-order valence-corrected chi connectivity index (χ4v) is 3.75. The van der Waals surface area contributed by atoms with Crippen molar-refractivity contribution in [3.8, 4) is 10.4 Å². The van der Waals surface area contributed by atoms with Crippen LogP contribution >= 0.6 is 22.9 Å². The second kappa shape index (κ2) is 6.23. The summed E-state index contributed by atoms with van der Waals surface area (Å²) in [6.45, 7) is 1.91. The lowest BCUT2D eigenvalue weighted by atomic mass is 10.2. The molecule has 0 aliphatic rings. The summed E-state index contributed by atoms with van der Waals surface area (Å²) in [5, 5.41) is 5.12. The molecule has 0 amide bonds. The molecule has 0 fully saturated rings. The third kappa shape index (κ3) is 2.98. The molecule has 3 nitrogen and oxygen atoms in total. The van der Waals surface area contributed by atoms with Crippen molar-refractivity contribution in [2.24, 2.45) is 0 Å². The average Bonchev–Trinajstić information content (AvgIpc) is 3.02. The van der Waals surface area contributed by atoms with Crippen LogP contribution in [0.2, 0.25) is 5.02 Å². The first kappa shape index (κ1) is 15.1. The highest BCUT2D eigenvalue weighted by Gasteiger charge is 2.12. The molecule has 0 aliphatic heterocycles. The van der Waals surface area contributed by atoms with E-state index >= 15 is 0 Å². The summed E-state index contributed by atoms with van der Waals surface area (Å²) in [4.78, 5) is 11.3. The maximum Gasteiger partial charge on any atom is 0.142 e. The zero-order valence-electron chi connectivity index (χ0n) is 13.0. The summed E-state index contributed by atoms with van der Waals surface area (Å²) in [7, 11) is 0. The standard InChI is InChI=1S/C19H14ClN3S/c1-12-21-18(23-15-9-7-14(20)8-10-15)16-11-17(24-19(16)22-12)13-5-3-2-4-6-13/h2-11H,1H3,(H,21,22,23). The van der Waals surface area contributed by atoms with Crippen LogP contribution < -0.4 is 5.32 Å². The molecule has 0 atom stereocenters. The number of aromatic nitrogens is 2. The Morgan fingerprint density at radius 2 is 1.71 bits per heavy atom. The Kier molecular flexibility index (Phi) is 3.92. The van der Waals surface area contributed by atoms with Gasteiger partial charge in [-0.05, 0) is 42.8 Å². The molecule has 118 valence electrons. The van der Waals surface area contributed by atoms with Crippen molar-refractivity contribution in [3.05, 3.63) is 71.5 Å². The van der Waals surface area contributed by atoms with Gasteiger partial charge >= 0.3 is 0 Å². The minimum absolute atomic E-state index is 0.714. The molecule has 4 aromatic rings. The summed E-state index contributed by atoms with van der Waals surface area (Å²) >= 11 is 7.63. The van der Waals surface area contributed by atoms with Crippen LogP contribution in [-0.2, 0) is 0 Å². The summed E-state index contributed by atoms with van der Waals surface area (Å²) in [6.07, 6.45) is 0. The van der Waals surface area contributed by atoms with E-state index < -0.39 is 0 Å². The number of hydrogen-bond donors (Lipinski definition) is 1. The lowest BCUT2D eigenvalue weighted by Crippen LogP contribution is -1.97. The Bertz CT molecular complexity index is 994. The molecule has 0 saturated heterocycles. The zero-order chi connectivity index (χ0) is 16.5. The van der Waals surface area contributed by atoms with Crippen molar-refractivity contribution in [1.29, 1.82) is 0 Å². The largest absolute Gasteiger partial charge is 0.340 e. The van der Waals surface area contributed by atoms with Gasteiger partial charge < -0.3 is 5.32 Å². The van der Waals surface area contributed by atoms with Crippen LogP contribution in [0.3, 0.4) is 0 Å². The third-order valence-electron chi connectivity index (χ3n) is 3.67. The van der Waals surface area contributed by atoms with Gasteiger partial charge in [0.15, 0.2) is 0 Å². The Balaban J connectivity index is 1.80. The molecule has 24 heavy (non-hydrogen) atoms. The molecule has 0 radical (unpaired) electrons. The molecule has 1 N–H and O–H groups in total. The fourth-order valence-electron chi connectivity index (χ4n) is 2.54. The van der Waals surface area contributed by atoms with Crippen molar-refractivity contribution in [3.63, 3.8) is 0 Å². The minimum atomic E-state index is 0.714. The molecule has 0 unspecified atom stereocenters. The lowest BCUT2D eigenvalue weighted by Gasteiger charge is -2.07. The van der Waals surface area contributed by atoms with Crippen molar-refractivity contribution < 1.29 is 0 Å². The maximum absolute atomic E-state index is 5.95. The van der Waals surface area contributed by atoms with Gasteiger partial charge in [-0.2, -0.15) is 0 Å². The minimum Gasteiger partial charge on any atom is -0.340 e. The summed E-state index contributed by atoms with van der Waals surface area (Å²) in [5.74, 6) is 1.57. The maximum atomic E-state index is 5.95. The van der Waals surface area contributed by atoms with Crippen LogP contribution in [0.25, 0.3) is 20.7 Å². The molecule has 4 rings (SSSR count). The Labute approximate surface area is 149 Å². The normalized spacial score (nSPS) is 10.9. The number of hydrogen-bond acceptors (Lipinski definition) is 4. The second-order valence-corrected chi connectivity index (χ2v) is 6.91. The van der Waals surface area contributed by atoms with Gasteiger partial charge in [-0.25, -0.2) is 9.97 Å². The molecule has 2 aromatic heterocycles. The molecule has 0 bridgehead atoms. The van der Waals surface area contributed by atoms with E-state index in [9.17, 15) is 0 Å². The van der Waals surface area contributed by atoms with Crippen LogP contribution in [0.5, 0.6) is 0 Å². The Hall–Kier alpha value is -2.43. The van der Waals surface area contributed by atoms with E-state index in [1.807, 2.05) is 49.4 Å². The molecular weight excluding hydrogens is 338 g/mol. The molecular formula is C19H14ClN3S. The van der Waals surface area contributed by atoms with Crippen molar-refractivity contribution >= 4 is 44.7 Å². The van der Waals surface area contributed by atoms with Gasteiger partial charge in [0.05, 0.1) is 5.39 Å². The van der Waals surface area contributed by atoms with Crippen LogP contribution in [0.4, 0.5) is 11.5 Å². The van der Waals surface area contributed by atoms with Gasteiger partial charge in [-0.15, -0.1) is 11.3 Å². The van der Waals surface area contributed by atoms with Gasteiger partial charge in [0.2, 0.25) is 0 Å². The number of aryl methyl sites for hydroxylation is 1. The first-order valence-corrected chi connectivity index (χ1v) is 8.75. The second-order valence-electron chi connectivity index (χ2n) is 5.45. The van der Waals surface area contributed by atoms with E-state index in [4.69, 9.17) is 11.6 Å². The van der Waals surface area contributed by atoms with Crippen molar-refractivity contribution in [1.82, 2.24) is 9.97 Å². The predicted octanol–water partition coefficient (Wildman–Crippen LogP) is 6.06. The number of benzene rings is 2. The molecule has 0 aliphatic carbocycles. The number of nitrogens with zero attached hydrogens (tertiary/aromatic N) is 2. The van der Waals surface area contributed by atoms with Crippen molar-refractivity contribution in [2.75, 3.05) is 5.32 Å². The highest BCUT2D eigenvalue weighted by Crippen LogP contribution is 2.36. The molecule has 5 heteroatoms. The van der Waals surface area contributed by atoms with Crippen LogP contribution in [0.15, 0.2) is 60.7 Å². The highest BCUT2D eigenvalue weighted by molar-refractivity contribution is 7.21. The molecule has 2 aromatic carbocycles. The lowest BCUT2D eigenvalue weighted by molar-refractivity contribution is 1.10. The molecule has 0 spiro atoms. The Morgan fingerprint density at radius 3 is 2.46 bits per heavy atom. The van der Waals surface area contributed by atoms with E-state index in [-0.39, 0.29) is 0 Å². The number of anilines is 2. The number of halogens is 1. The monoisotopic (exact) mass is 351 g/mol. The summed E-state index contributed by atoms with van der Waals surface area (Å²) in [6, 6.07) is 20.1. The Morgan fingerprint density at radius 1 is 0.958 bits per heavy atom. The SMILES string of the molecule is Cc1nc(Nc2ccc(Cl)cc2)c2cc(-c3ccccc3)sc2n1. The number of nitrogens with one attached hydrogen (secondary N) is 1. The summed E-state index contributed by atoms with van der Waals surface area (Å²) < 4.78 is 0. The first-order valence-electron chi connectivity index (χ1n) is 7.55. The number of rotatable bonds is 3. The highest BCUT2D eigenvalue weighted by atomic mass is 35.5. The van der Waals surface area contributed by atoms with E-state index in [0.29, 0.717) is 5.02 Å². The van der Waals surface area contributed by atoms with Gasteiger partial charge in [-0.1, -0.05) is 41.9 Å². The van der Waals surface area contributed by atoms with Crippen LogP contribution in [0, 0.1) is 6.92 Å². The van der Waals surface area contributed by atoms with Crippen LogP contribution in [0.1, 0.15) is 5.82 Å². The van der Waals surface area contributed by atoms with Gasteiger partial charge in [0, 0.05) is 15.6 Å². The third-order valence-corrected chi connectivity index (χ3v) is 5.00. The van der Waals surface area contributed by atoms with Crippen LogP contribution in [-0.4, -0.2) is 9.97 Å². The smallest absolute Gasteiger partial charge is 0.142 e. The van der Waals surface area contributed by atoms with E-state index in [1.165, 1.54) is 10.4 Å². The van der Waals surface area contributed by atoms with E-state index in [1.54, 1.807) is 11.3 Å². The van der Waals surface area contributed by atoms with E-state index in [2.05, 4.69) is 33.5 Å². The van der Waals surface area contributed by atoms with Gasteiger partial charge in [-0.3, -0.25) is 0 Å². The average molecular weight is 352 g/mol. The van der Waals surface area contributed by atoms with Gasteiger partial charge in [0.25, 0.3) is 0 Å². The quantitative estimate of drug-likeness (QED) is 0.487. The topological polar surface area (TPSA) is 37.8 Å². The zero-order valence-corrected chi connectivity index (χ0v) is 14.5. The summed E-state index contributed by atoms with van der Waals surface area (Å²) in [5.41, 5.74) is 2.14.